The normalized spacial score (nSPS) is 22.0. The van der Waals surface area contributed by atoms with Crippen molar-refractivity contribution in [1.82, 2.24) is 10.3 Å². The molecule has 0 aliphatic carbocycles. The van der Waals surface area contributed by atoms with E-state index >= 15 is 0 Å². The van der Waals surface area contributed by atoms with Gasteiger partial charge in [-0.2, -0.15) is 5.10 Å². The second kappa shape index (κ2) is 2.95. The van der Waals surface area contributed by atoms with E-state index in [4.69, 9.17) is 0 Å². The molecule has 74 valence electrons. The van der Waals surface area contributed by atoms with Crippen molar-refractivity contribution in [2.45, 2.75) is 6.04 Å². The summed E-state index contributed by atoms with van der Waals surface area (Å²) in [4.78, 5) is 11.7. The molecule has 0 saturated carbocycles. The molecule has 0 radical (unpaired) electrons. The third-order valence-electron chi connectivity index (χ3n) is 2.61. The van der Waals surface area contributed by atoms with E-state index in [-0.39, 0.29) is 11.9 Å². The molecule has 3 rings (SSSR count). The number of nitrogens with zero attached hydrogens (tertiary/aromatic N) is 2. The van der Waals surface area contributed by atoms with Crippen LogP contribution in [0, 0.1) is 0 Å². The minimum Gasteiger partial charge on any atom is -0.313 e. The van der Waals surface area contributed by atoms with Gasteiger partial charge in [0, 0.05) is 6.20 Å². The molecule has 4 heteroatoms. The third kappa shape index (κ3) is 1.15. The van der Waals surface area contributed by atoms with Crippen LogP contribution in [0.5, 0.6) is 0 Å². The Balaban J connectivity index is 2.17. The molecule has 1 aromatic carbocycles. The van der Waals surface area contributed by atoms with Crippen LogP contribution in [0.4, 0.5) is 0 Å². The number of amides is 1. The van der Waals surface area contributed by atoms with Crippen LogP contribution in [0.25, 0.3) is 6.08 Å². The predicted octanol–water partition coefficient (Wildman–Crippen LogP) is 1.09. The zero-order chi connectivity index (χ0) is 10.3. The van der Waals surface area contributed by atoms with E-state index < -0.39 is 0 Å². The van der Waals surface area contributed by atoms with Gasteiger partial charge >= 0.3 is 0 Å². The van der Waals surface area contributed by atoms with Gasteiger partial charge in [0.15, 0.2) is 6.04 Å². The maximum absolute atomic E-state index is 11.7. The summed E-state index contributed by atoms with van der Waals surface area (Å²) in [5.74, 6) is -0.0400. The van der Waals surface area contributed by atoms with Crippen molar-refractivity contribution in [1.29, 1.82) is 0 Å². The summed E-state index contributed by atoms with van der Waals surface area (Å²) in [6, 6.07) is 7.52. The van der Waals surface area contributed by atoms with Gasteiger partial charge in [-0.3, -0.25) is 9.80 Å². The molecule has 1 unspecified atom stereocenters. The van der Waals surface area contributed by atoms with Crippen LogP contribution in [-0.2, 0) is 4.79 Å². The van der Waals surface area contributed by atoms with E-state index in [0.717, 1.165) is 11.1 Å². The highest BCUT2D eigenvalue weighted by molar-refractivity contribution is 5.94. The lowest BCUT2D eigenvalue weighted by Crippen LogP contribution is -2.41. The largest absolute Gasteiger partial charge is 0.313 e. The van der Waals surface area contributed by atoms with Crippen LogP contribution in [0.15, 0.2) is 35.6 Å². The Morgan fingerprint density at radius 2 is 2.20 bits per heavy atom. The van der Waals surface area contributed by atoms with Crippen molar-refractivity contribution < 1.29 is 4.79 Å². The molecule has 1 N–H and O–H groups in total. The lowest BCUT2D eigenvalue weighted by atomic mass is 9.96. The maximum atomic E-state index is 11.7. The topological polar surface area (TPSA) is 44.7 Å². The lowest BCUT2D eigenvalue weighted by Gasteiger charge is -2.31. The predicted molar refractivity (Wildman–Crippen MR) is 56.7 cm³/mol. The zero-order valence-electron chi connectivity index (χ0n) is 7.92. The van der Waals surface area contributed by atoms with E-state index in [2.05, 4.69) is 10.4 Å². The van der Waals surface area contributed by atoms with Crippen molar-refractivity contribution in [2.75, 3.05) is 0 Å². The smallest absolute Gasteiger partial charge is 0.254 e. The molecule has 1 aromatic rings. The Labute approximate surface area is 86.9 Å². The summed E-state index contributed by atoms with van der Waals surface area (Å²) in [6.45, 7) is 0. The number of hydrogen-bond donors (Lipinski definition) is 1. The number of nitrogens with one attached hydrogen (secondary N) is 1. The number of benzene rings is 1. The van der Waals surface area contributed by atoms with Gasteiger partial charge in [0.25, 0.3) is 5.91 Å². The molecular weight excluding hydrogens is 190 g/mol. The molecule has 4 nitrogen and oxygen atoms in total. The Morgan fingerprint density at radius 3 is 3.13 bits per heavy atom. The first-order valence-corrected chi connectivity index (χ1v) is 4.74. The van der Waals surface area contributed by atoms with Crippen LogP contribution in [0.3, 0.4) is 0 Å². The fourth-order valence-electron chi connectivity index (χ4n) is 1.90. The SMILES string of the molecule is O=C1NC=NN2C=Cc3ccccc3C12. The average molecular weight is 199 g/mol. The van der Waals surface area contributed by atoms with E-state index in [0.29, 0.717) is 0 Å². The Kier molecular flexibility index (Phi) is 1.62. The molecule has 15 heavy (non-hydrogen) atoms. The molecule has 2 aliphatic rings. The van der Waals surface area contributed by atoms with Gasteiger partial charge in [-0.1, -0.05) is 24.3 Å². The Hall–Kier alpha value is -2.10. The van der Waals surface area contributed by atoms with Crippen LogP contribution >= 0.6 is 0 Å². The Morgan fingerprint density at radius 1 is 1.33 bits per heavy atom. The number of carbonyl (C=O) groups excluding carboxylic acids is 1. The first-order valence-electron chi connectivity index (χ1n) is 4.74. The number of hydrazone groups is 1. The molecular formula is C11H9N3O. The fourth-order valence-corrected chi connectivity index (χ4v) is 1.90. The summed E-state index contributed by atoms with van der Waals surface area (Å²) in [7, 11) is 0. The van der Waals surface area contributed by atoms with Gasteiger partial charge in [-0.25, -0.2) is 0 Å². The van der Waals surface area contributed by atoms with Gasteiger partial charge < -0.3 is 5.32 Å². The molecule has 0 spiro atoms. The second-order valence-corrected chi connectivity index (χ2v) is 3.48. The van der Waals surface area contributed by atoms with Crippen LogP contribution in [0.1, 0.15) is 17.2 Å². The molecule has 1 amide bonds. The molecule has 0 aromatic heterocycles. The quantitative estimate of drug-likeness (QED) is 0.679. The summed E-state index contributed by atoms with van der Waals surface area (Å²) < 4.78 is 0. The fraction of sp³-hybridized carbons (Fsp3) is 0.0909. The standard InChI is InChI=1S/C11H9N3O/c15-11-10-9-4-2-1-3-8(9)5-6-14(10)13-7-12-11/h1-7,10H,(H,12,13,15). The number of hydrogen-bond acceptors (Lipinski definition) is 3. The highest BCUT2D eigenvalue weighted by Gasteiger charge is 2.31. The highest BCUT2D eigenvalue weighted by Crippen LogP contribution is 2.31. The number of carbonyl (C=O) groups is 1. The first-order chi connectivity index (χ1) is 7.36. The minimum atomic E-state index is -0.323. The van der Waals surface area contributed by atoms with Gasteiger partial charge in [0.05, 0.1) is 0 Å². The first kappa shape index (κ1) is 8.23. The van der Waals surface area contributed by atoms with E-state index in [1.54, 1.807) is 5.01 Å². The molecule has 0 saturated heterocycles. The van der Waals surface area contributed by atoms with Crippen molar-refractivity contribution in [3.05, 3.63) is 41.6 Å². The van der Waals surface area contributed by atoms with Crippen LogP contribution in [-0.4, -0.2) is 17.3 Å². The molecule has 0 fully saturated rings. The number of rotatable bonds is 0. The summed E-state index contributed by atoms with van der Waals surface area (Å²) >= 11 is 0. The van der Waals surface area contributed by atoms with Crippen molar-refractivity contribution in [3.63, 3.8) is 0 Å². The zero-order valence-corrected chi connectivity index (χ0v) is 7.92. The van der Waals surface area contributed by atoms with Crippen molar-refractivity contribution in [2.24, 2.45) is 5.10 Å². The molecule has 1 atom stereocenters. The van der Waals surface area contributed by atoms with E-state index in [1.807, 2.05) is 36.5 Å². The van der Waals surface area contributed by atoms with Gasteiger partial charge in [-0.05, 0) is 17.2 Å². The van der Waals surface area contributed by atoms with Crippen molar-refractivity contribution in [3.8, 4) is 0 Å². The lowest BCUT2D eigenvalue weighted by molar-refractivity contribution is -0.125. The summed E-state index contributed by atoms with van der Waals surface area (Å²) in [5, 5.41) is 8.37. The summed E-state index contributed by atoms with van der Waals surface area (Å²) in [6.07, 6.45) is 5.20. The van der Waals surface area contributed by atoms with Gasteiger partial charge in [0.1, 0.15) is 6.34 Å². The van der Waals surface area contributed by atoms with Crippen molar-refractivity contribution >= 4 is 18.3 Å². The highest BCUT2D eigenvalue weighted by atomic mass is 16.2. The molecule has 0 bridgehead atoms. The number of fused-ring (bicyclic) bond motifs is 3. The average Bonchev–Trinajstić information content (AvgIpc) is 2.29. The van der Waals surface area contributed by atoms with Crippen LogP contribution < -0.4 is 5.32 Å². The van der Waals surface area contributed by atoms with E-state index in [9.17, 15) is 4.79 Å². The minimum absolute atomic E-state index is 0.0400. The van der Waals surface area contributed by atoms with E-state index in [1.165, 1.54) is 6.34 Å². The summed E-state index contributed by atoms with van der Waals surface area (Å²) in [5.41, 5.74) is 2.07. The Bertz CT molecular complexity index is 478. The molecule has 2 heterocycles. The third-order valence-corrected chi connectivity index (χ3v) is 2.61. The van der Waals surface area contributed by atoms with Gasteiger partial charge in [-0.15, -0.1) is 0 Å². The van der Waals surface area contributed by atoms with Gasteiger partial charge in [0.2, 0.25) is 0 Å². The monoisotopic (exact) mass is 199 g/mol. The maximum Gasteiger partial charge on any atom is 0.254 e. The van der Waals surface area contributed by atoms with Crippen LogP contribution in [0.2, 0.25) is 0 Å². The molecule has 2 aliphatic heterocycles. The second-order valence-electron chi connectivity index (χ2n) is 3.48.